The predicted octanol–water partition coefficient (Wildman–Crippen LogP) is -0.221. The van der Waals surface area contributed by atoms with Crippen molar-refractivity contribution in [3.05, 3.63) is 0 Å². The summed E-state index contributed by atoms with van der Waals surface area (Å²) in [6, 6.07) is 0. The van der Waals surface area contributed by atoms with Gasteiger partial charge in [-0.3, -0.25) is 0 Å². The van der Waals surface area contributed by atoms with Crippen LogP contribution < -0.4 is 0 Å². The van der Waals surface area contributed by atoms with E-state index in [1.54, 1.807) is 6.92 Å². The van der Waals surface area contributed by atoms with Crippen LogP contribution in [-0.4, -0.2) is 29.8 Å². The molecule has 5 heteroatoms. The molecule has 1 N–H and O–H groups in total. The van der Waals surface area contributed by atoms with Crippen LogP contribution >= 0.6 is 0 Å². The average molecular weight is 189 g/mol. The monoisotopic (exact) mass is 190 g/mol. The van der Waals surface area contributed by atoms with Crippen LogP contribution in [0, 0.1) is 0 Å². The molecule has 44 valence electrons. The first-order valence-electron chi connectivity index (χ1n) is 1.68. The number of rotatable bonds is 2. The van der Waals surface area contributed by atoms with Gasteiger partial charge in [0.25, 0.3) is 0 Å². The Balaban J connectivity index is 3.60. The van der Waals surface area contributed by atoms with Crippen molar-refractivity contribution < 1.29 is 12.9 Å². The summed E-state index contributed by atoms with van der Waals surface area (Å²) in [5.41, 5.74) is 0. The van der Waals surface area contributed by atoms with Gasteiger partial charge in [-0.1, -0.05) is 0 Å². The van der Waals surface area contributed by atoms with E-state index in [9.17, 15) is 4.21 Å². The van der Waals surface area contributed by atoms with Gasteiger partial charge in [0.1, 0.15) is 0 Å². The van der Waals surface area contributed by atoms with E-state index in [0.29, 0.717) is 0 Å². The molecule has 0 heterocycles. The SMILES string of the molecule is CCOS(=O)(O)=[Se]. The van der Waals surface area contributed by atoms with E-state index < -0.39 is 8.42 Å². The molecule has 0 spiro atoms. The van der Waals surface area contributed by atoms with Crippen LogP contribution in [0.3, 0.4) is 0 Å². The molecule has 7 heavy (non-hydrogen) atoms. The number of hydrogen-bond acceptors (Lipinski definition) is 2. The molecule has 0 aliphatic heterocycles. The molecule has 0 saturated carbocycles. The first-order valence-corrected chi connectivity index (χ1v) is 5.14. The third-order valence-electron chi connectivity index (χ3n) is 0.267. The third-order valence-corrected chi connectivity index (χ3v) is 1.41. The van der Waals surface area contributed by atoms with Crippen molar-refractivity contribution in [2.24, 2.45) is 0 Å². The molecular weight excluding hydrogens is 183 g/mol. The summed E-state index contributed by atoms with van der Waals surface area (Å²) in [5, 5.41) is 0. The normalized spacial score (nSPS) is 18.6. The predicted molar refractivity (Wildman–Crippen MR) is 28.2 cm³/mol. The quantitative estimate of drug-likeness (QED) is 0.611. The van der Waals surface area contributed by atoms with E-state index in [1.807, 2.05) is 14.4 Å². The zero-order valence-corrected chi connectivity index (χ0v) is 6.32. The standard InChI is InChI=1S/C2H6O3SSe/c1-2-5-6(3,4)7/h2H2,1H3,(H,3,4,7). The van der Waals surface area contributed by atoms with Gasteiger partial charge in [0.05, 0.1) is 0 Å². The molecular formula is C2H6O3SSe. The molecule has 1 atom stereocenters. The Hall–Kier alpha value is 0.589. The molecule has 0 saturated heterocycles. The van der Waals surface area contributed by atoms with E-state index in [0.717, 1.165) is 0 Å². The van der Waals surface area contributed by atoms with Crippen LogP contribution in [0.1, 0.15) is 6.92 Å². The van der Waals surface area contributed by atoms with Crippen LogP contribution in [0.5, 0.6) is 0 Å². The van der Waals surface area contributed by atoms with Crippen LogP contribution in [-0.2, 0) is 12.6 Å². The first-order chi connectivity index (χ1) is 3.06. The second-order valence-corrected chi connectivity index (χ2v) is 4.58. The summed E-state index contributed by atoms with van der Waals surface area (Å²) in [6.07, 6.45) is 0. The molecule has 0 aromatic rings. The Labute approximate surface area is 49.8 Å². The summed E-state index contributed by atoms with van der Waals surface area (Å²) in [5.74, 6) is 0. The van der Waals surface area contributed by atoms with Gasteiger partial charge in [-0.15, -0.1) is 0 Å². The van der Waals surface area contributed by atoms with E-state index >= 15 is 0 Å². The molecule has 0 amide bonds. The zero-order valence-electron chi connectivity index (χ0n) is 3.79. The van der Waals surface area contributed by atoms with Crippen LogP contribution in [0.15, 0.2) is 0 Å². The van der Waals surface area contributed by atoms with Gasteiger partial charge in [-0.05, 0) is 0 Å². The maximum atomic E-state index is 10.1. The molecule has 0 rings (SSSR count). The molecule has 1 unspecified atom stereocenters. The molecule has 0 radical (unpaired) electrons. The van der Waals surface area contributed by atoms with Crippen molar-refractivity contribution in [1.29, 1.82) is 0 Å². The van der Waals surface area contributed by atoms with Crippen molar-refractivity contribution in [2.75, 3.05) is 6.61 Å². The Morgan fingerprint density at radius 1 is 2.00 bits per heavy atom. The van der Waals surface area contributed by atoms with Crippen molar-refractivity contribution in [2.45, 2.75) is 6.92 Å². The van der Waals surface area contributed by atoms with Gasteiger partial charge < -0.3 is 0 Å². The van der Waals surface area contributed by atoms with E-state index in [-0.39, 0.29) is 6.61 Å². The van der Waals surface area contributed by atoms with Gasteiger partial charge in [-0.2, -0.15) is 0 Å². The summed E-state index contributed by atoms with van der Waals surface area (Å²) in [6.45, 7) is 1.90. The Kier molecular flexibility index (Phi) is 3.03. The van der Waals surface area contributed by atoms with E-state index in [1.165, 1.54) is 0 Å². The zero-order chi connectivity index (χ0) is 5.91. The van der Waals surface area contributed by atoms with Crippen molar-refractivity contribution in [3.8, 4) is 0 Å². The molecule has 0 aromatic heterocycles. The Bertz CT molecular complexity index is 126. The average Bonchev–Trinajstić information content (AvgIpc) is 1.30. The second-order valence-electron chi connectivity index (χ2n) is 0.834. The molecule has 0 aliphatic rings. The molecule has 0 fully saturated rings. The fraction of sp³-hybridized carbons (Fsp3) is 1.00. The van der Waals surface area contributed by atoms with Gasteiger partial charge in [0.15, 0.2) is 0 Å². The molecule has 0 bridgehead atoms. The van der Waals surface area contributed by atoms with Crippen LogP contribution in [0.4, 0.5) is 0 Å². The Morgan fingerprint density at radius 2 is 2.43 bits per heavy atom. The van der Waals surface area contributed by atoms with Crippen molar-refractivity contribution >= 4 is 22.8 Å². The minimum atomic E-state index is -3.05. The fourth-order valence-electron chi connectivity index (χ4n) is 0.149. The molecule has 0 aliphatic carbocycles. The number of hydrogen-bond donors (Lipinski definition) is 1. The van der Waals surface area contributed by atoms with E-state index in [4.69, 9.17) is 4.55 Å². The maximum absolute atomic E-state index is 10.1. The van der Waals surface area contributed by atoms with Gasteiger partial charge in [0.2, 0.25) is 0 Å². The summed E-state index contributed by atoms with van der Waals surface area (Å²) in [4.78, 5) is 0. The topological polar surface area (TPSA) is 46.5 Å². The van der Waals surface area contributed by atoms with Crippen molar-refractivity contribution in [3.63, 3.8) is 0 Å². The summed E-state index contributed by atoms with van der Waals surface area (Å²) in [7, 11) is -3.05. The van der Waals surface area contributed by atoms with Gasteiger partial charge >= 0.3 is 49.3 Å². The third kappa shape index (κ3) is 6.59. The summed E-state index contributed by atoms with van der Waals surface area (Å²) < 4.78 is 22.6. The Morgan fingerprint density at radius 3 is 2.43 bits per heavy atom. The molecule has 0 aromatic carbocycles. The van der Waals surface area contributed by atoms with Gasteiger partial charge in [0, 0.05) is 0 Å². The van der Waals surface area contributed by atoms with Crippen molar-refractivity contribution in [1.82, 2.24) is 0 Å². The molecule has 3 nitrogen and oxygen atoms in total. The first kappa shape index (κ1) is 7.59. The summed E-state index contributed by atoms with van der Waals surface area (Å²) >= 11 is 1.98. The van der Waals surface area contributed by atoms with Gasteiger partial charge in [-0.25, -0.2) is 0 Å². The van der Waals surface area contributed by atoms with Crippen LogP contribution in [0.2, 0.25) is 0 Å². The second kappa shape index (κ2) is 2.79. The van der Waals surface area contributed by atoms with E-state index in [2.05, 4.69) is 4.18 Å². The minimum absolute atomic E-state index is 0.252. The van der Waals surface area contributed by atoms with Crippen LogP contribution in [0.25, 0.3) is 0 Å². The fourth-order valence-corrected chi connectivity index (χ4v) is 1.05.